The molecular weight excluding hydrogens is 408 g/mol. The fourth-order valence-corrected chi connectivity index (χ4v) is 6.00. The Hall–Kier alpha value is -2.42. The highest BCUT2D eigenvalue weighted by molar-refractivity contribution is 7.18. The lowest BCUT2D eigenvalue weighted by Crippen LogP contribution is -2.46. The summed E-state index contributed by atoms with van der Waals surface area (Å²) in [6.07, 6.45) is 3.90. The van der Waals surface area contributed by atoms with Crippen molar-refractivity contribution in [3.05, 3.63) is 46.5 Å². The van der Waals surface area contributed by atoms with Crippen molar-refractivity contribution in [1.29, 1.82) is 5.41 Å². The molecule has 2 N–H and O–H groups in total. The van der Waals surface area contributed by atoms with Crippen LogP contribution in [-0.2, 0) is 19.5 Å². The minimum absolute atomic E-state index is 0.327. The van der Waals surface area contributed by atoms with E-state index in [0.29, 0.717) is 11.2 Å². The molecule has 0 amide bonds. The number of aromatic nitrogens is 2. The first-order valence-electron chi connectivity index (χ1n) is 11.1. The fraction of sp³-hybridized carbons (Fsp3) is 0.478. The molecule has 1 aromatic carbocycles. The molecule has 164 valence electrons. The summed E-state index contributed by atoms with van der Waals surface area (Å²) in [7, 11) is 2.16. The predicted molar refractivity (Wildman–Crippen MR) is 125 cm³/mol. The Morgan fingerprint density at radius 2 is 1.97 bits per heavy atom. The number of nitrogens with zero attached hydrogens (tertiary/aromatic N) is 5. The molecule has 0 aliphatic carbocycles. The Morgan fingerprint density at radius 1 is 1.13 bits per heavy atom. The van der Waals surface area contributed by atoms with Gasteiger partial charge in [0.2, 0.25) is 0 Å². The van der Waals surface area contributed by atoms with Crippen molar-refractivity contribution < 1.29 is 5.11 Å². The second-order valence-corrected chi connectivity index (χ2v) is 9.74. The molecular formula is C23H30N6OS. The molecule has 0 atom stereocenters. The highest BCUT2D eigenvalue weighted by atomic mass is 32.1. The Balaban J connectivity index is 1.19. The molecule has 0 bridgehead atoms. The molecule has 4 heterocycles. The van der Waals surface area contributed by atoms with Gasteiger partial charge in [-0.15, -0.1) is 11.3 Å². The number of thiophene rings is 1. The summed E-state index contributed by atoms with van der Waals surface area (Å²) < 4.78 is 2.02. The van der Waals surface area contributed by atoms with Gasteiger partial charge in [0.05, 0.1) is 11.7 Å². The van der Waals surface area contributed by atoms with Gasteiger partial charge in [0.1, 0.15) is 16.1 Å². The summed E-state index contributed by atoms with van der Waals surface area (Å²) in [6, 6.07) is 7.52. The SMILES string of the molecule is CN1CCc2c(sc3ncn(CCCN4CCN(c5cccc(O)c5)CC4)c(=N)c23)C1. The van der Waals surface area contributed by atoms with Crippen LogP contribution in [0.1, 0.15) is 16.9 Å². The maximum absolute atomic E-state index is 9.71. The second-order valence-electron chi connectivity index (χ2n) is 8.66. The lowest BCUT2D eigenvalue weighted by Gasteiger charge is -2.36. The Kier molecular flexibility index (Phi) is 5.69. The van der Waals surface area contributed by atoms with Crippen LogP contribution in [0.2, 0.25) is 0 Å². The van der Waals surface area contributed by atoms with E-state index in [-0.39, 0.29) is 0 Å². The lowest BCUT2D eigenvalue weighted by atomic mass is 10.1. The number of benzene rings is 1. The topological polar surface area (TPSA) is 71.6 Å². The summed E-state index contributed by atoms with van der Waals surface area (Å²) in [5.41, 5.74) is 3.08. The molecule has 0 radical (unpaired) electrons. The summed E-state index contributed by atoms with van der Waals surface area (Å²) >= 11 is 1.76. The van der Waals surface area contributed by atoms with Crippen molar-refractivity contribution in [2.45, 2.75) is 25.9 Å². The van der Waals surface area contributed by atoms with Crippen LogP contribution in [0.15, 0.2) is 30.6 Å². The largest absolute Gasteiger partial charge is 0.508 e. The first-order valence-corrected chi connectivity index (χ1v) is 11.9. The van der Waals surface area contributed by atoms with Crippen LogP contribution in [0.5, 0.6) is 5.75 Å². The predicted octanol–water partition coefficient (Wildman–Crippen LogP) is 2.48. The molecule has 3 aromatic rings. The van der Waals surface area contributed by atoms with Crippen LogP contribution in [0.25, 0.3) is 10.2 Å². The molecule has 2 aromatic heterocycles. The normalized spacial score (nSPS) is 17.9. The van der Waals surface area contributed by atoms with E-state index in [4.69, 9.17) is 10.4 Å². The Bertz CT molecular complexity index is 1130. The minimum Gasteiger partial charge on any atom is -0.508 e. The lowest BCUT2D eigenvalue weighted by molar-refractivity contribution is 0.250. The fourth-order valence-electron chi connectivity index (χ4n) is 4.73. The van der Waals surface area contributed by atoms with Gasteiger partial charge < -0.3 is 19.5 Å². The zero-order chi connectivity index (χ0) is 21.4. The van der Waals surface area contributed by atoms with E-state index in [0.717, 1.165) is 81.1 Å². The summed E-state index contributed by atoms with van der Waals surface area (Å²) in [4.78, 5) is 14.3. The molecule has 0 spiro atoms. The van der Waals surface area contributed by atoms with Crippen molar-refractivity contribution >= 4 is 27.2 Å². The number of aromatic hydroxyl groups is 1. The number of hydrogen-bond donors (Lipinski definition) is 2. The Labute approximate surface area is 186 Å². The van der Waals surface area contributed by atoms with Crippen molar-refractivity contribution in [2.75, 3.05) is 51.2 Å². The van der Waals surface area contributed by atoms with Gasteiger partial charge in [-0.25, -0.2) is 4.98 Å². The number of phenolic OH excluding ortho intramolecular Hbond substituents is 1. The second kappa shape index (κ2) is 8.61. The summed E-state index contributed by atoms with van der Waals surface area (Å²) in [5.74, 6) is 0.327. The van der Waals surface area contributed by atoms with E-state index >= 15 is 0 Å². The van der Waals surface area contributed by atoms with E-state index in [9.17, 15) is 5.11 Å². The molecule has 8 heteroatoms. The van der Waals surface area contributed by atoms with Crippen LogP contribution < -0.4 is 10.4 Å². The first kappa shape index (κ1) is 20.5. The average molecular weight is 439 g/mol. The number of phenols is 1. The number of anilines is 1. The number of aryl methyl sites for hydroxylation is 1. The number of fused-ring (bicyclic) bond motifs is 3. The van der Waals surface area contributed by atoms with Gasteiger partial charge in [-0.3, -0.25) is 10.3 Å². The molecule has 2 aliphatic rings. The number of piperazine rings is 1. The van der Waals surface area contributed by atoms with E-state index in [1.807, 2.05) is 23.0 Å². The van der Waals surface area contributed by atoms with Gasteiger partial charge in [0.15, 0.2) is 0 Å². The maximum Gasteiger partial charge on any atom is 0.136 e. The number of likely N-dealkylation sites (N-methyl/N-ethyl adjacent to an activating group) is 1. The van der Waals surface area contributed by atoms with Crippen LogP contribution >= 0.6 is 11.3 Å². The third kappa shape index (κ3) is 4.20. The van der Waals surface area contributed by atoms with E-state index in [1.165, 1.54) is 10.4 Å². The van der Waals surface area contributed by atoms with Gasteiger partial charge in [0, 0.05) is 62.4 Å². The van der Waals surface area contributed by atoms with Gasteiger partial charge >= 0.3 is 0 Å². The number of rotatable bonds is 5. The van der Waals surface area contributed by atoms with Gasteiger partial charge in [0.25, 0.3) is 0 Å². The third-order valence-electron chi connectivity index (χ3n) is 6.51. The van der Waals surface area contributed by atoms with E-state index in [1.54, 1.807) is 17.4 Å². The maximum atomic E-state index is 9.71. The van der Waals surface area contributed by atoms with E-state index in [2.05, 4.69) is 27.8 Å². The van der Waals surface area contributed by atoms with Gasteiger partial charge in [-0.1, -0.05) is 6.07 Å². The summed E-state index contributed by atoms with van der Waals surface area (Å²) in [5, 5.41) is 19.6. The van der Waals surface area contributed by atoms with Crippen molar-refractivity contribution in [3.63, 3.8) is 0 Å². The van der Waals surface area contributed by atoms with Crippen LogP contribution in [0.4, 0.5) is 5.69 Å². The quantitative estimate of drug-likeness (QED) is 0.640. The number of nitrogens with one attached hydrogen (secondary N) is 1. The molecule has 2 aliphatic heterocycles. The first-order chi connectivity index (χ1) is 15.1. The Morgan fingerprint density at radius 3 is 2.77 bits per heavy atom. The summed E-state index contributed by atoms with van der Waals surface area (Å²) in [6.45, 7) is 7.90. The standard InChI is InChI=1S/C23H30N6OS/c1-26-9-6-19-20(15-26)31-23-21(19)22(24)29(16-25-23)8-3-7-27-10-12-28(13-11-27)17-4-2-5-18(30)14-17/h2,4-5,14,16,24,30H,3,6-13,15H2,1H3. The highest BCUT2D eigenvalue weighted by Crippen LogP contribution is 2.31. The minimum atomic E-state index is 0.327. The molecule has 5 rings (SSSR count). The molecule has 0 saturated carbocycles. The van der Waals surface area contributed by atoms with Gasteiger partial charge in [-0.2, -0.15) is 0 Å². The number of hydrogen-bond acceptors (Lipinski definition) is 7. The van der Waals surface area contributed by atoms with Crippen molar-refractivity contribution in [2.24, 2.45) is 0 Å². The molecule has 1 saturated heterocycles. The molecule has 0 unspecified atom stereocenters. The van der Waals surface area contributed by atoms with E-state index < -0.39 is 0 Å². The average Bonchev–Trinajstić information content (AvgIpc) is 3.14. The zero-order valence-corrected chi connectivity index (χ0v) is 18.9. The zero-order valence-electron chi connectivity index (χ0n) is 18.0. The third-order valence-corrected chi connectivity index (χ3v) is 7.63. The van der Waals surface area contributed by atoms with Crippen molar-refractivity contribution in [1.82, 2.24) is 19.4 Å². The van der Waals surface area contributed by atoms with Crippen LogP contribution in [0, 0.1) is 5.41 Å². The van der Waals surface area contributed by atoms with Crippen LogP contribution in [0.3, 0.4) is 0 Å². The van der Waals surface area contributed by atoms with Gasteiger partial charge in [-0.05, 0) is 44.1 Å². The molecule has 31 heavy (non-hydrogen) atoms. The van der Waals surface area contributed by atoms with Crippen LogP contribution in [-0.4, -0.2) is 70.8 Å². The highest BCUT2D eigenvalue weighted by Gasteiger charge is 2.21. The van der Waals surface area contributed by atoms with Crippen molar-refractivity contribution in [3.8, 4) is 5.75 Å². The monoisotopic (exact) mass is 438 g/mol. The molecule has 1 fully saturated rings. The molecule has 7 nitrogen and oxygen atoms in total. The smallest absolute Gasteiger partial charge is 0.136 e.